The Hall–Kier alpha value is -2.50. The number of aromatic nitrogens is 1. The summed E-state index contributed by atoms with van der Waals surface area (Å²) in [7, 11) is 0. The summed E-state index contributed by atoms with van der Waals surface area (Å²) in [5.74, 6) is -0.0168. The van der Waals surface area contributed by atoms with Crippen molar-refractivity contribution in [1.29, 1.82) is 0 Å². The third kappa shape index (κ3) is 3.41. The zero-order valence-corrected chi connectivity index (χ0v) is 15.6. The lowest BCUT2D eigenvalue weighted by atomic mass is 10.1. The van der Waals surface area contributed by atoms with Crippen molar-refractivity contribution in [2.45, 2.75) is 6.42 Å². The molecular formula is C21H16N2OS2. The van der Waals surface area contributed by atoms with Gasteiger partial charge >= 0.3 is 0 Å². The molecule has 0 aliphatic carbocycles. The summed E-state index contributed by atoms with van der Waals surface area (Å²) in [6, 6.07) is 20.0. The van der Waals surface area contributed by atoms with Gasteiger partial charge in [0.2, 0.25) is 0 Å². The molecular weight excluding hydrogens is 360 g/mol. The summed E-state index contributed by atoms with van der Waals surface area (Å²) in [4.78, 5) is 19.5. The van der Waals surface area contributed by atoms with Gasteiger partial charge in [-0.05, 0) is 35.8 Å². The second kappa shape index (κ2) is 7.40. The van der Waals surface area contributed by atoms with Crippen molar-refractivity contribution in [3.63, 3.8) is 0 Å². The van der Waals surface area contributed by atoms with Crippen molar-refractivity contribution in [2.24, 2.45) is 0 Å². The number of para-hydroxylation sites is 1. The van der Waals surface area contributed by atoms with Crippen molar-refractivity contribution >= 4 is 51.2 Å². The number of thioether (sulfide) groups is 1. The average molecular weight is 377 g/mol. The van der Waals surface area contributed by atoms with Gasteiger partial charge in [0.25, 0.3) is 5.91 Å². The number of hydrogen-bond acceptors (Lipinski definition) is 4. The smallest absolute Gasteiger partial charge is 0.266 e. The van der Waals surface area contributed by atoms with Crippen molar-refractivity contribution < 1.29 is 4.79 Å². The first-order chi connectivity index (χ1) is 12.7. The molecule has 0 spiro atoms. The van der Waals surface area contributed by atoms with E-state index >= 15 is 0 Å². The molecule has 0 saturated carbocycles. The Morgan fingerprint density at radius 2 is 1.81 bits per heavy atom. The van der Waals surface area contributed by atoms with Crippen molar-refractivity contribution in [3.05, 3.63) is 82.9 Å². The molecule has 1 fully saturated rings. The Bertz CT molecular complexity index is 1010. The predicted molar refractivity (Wildman–Crippen MR) is 112 cm³/mol. The molecule has 1 saturated heterocycles. The minimum Gasteiger partial charge on any atom is -0.293 e. The first-order valence-electron chi connectivity index (χ1n) is 8.35. The highest BCUT2D eigenvalue weighted by atomic mass is 32.2. The number of rotatable bonds is 4. The van der Waals surface area contributed by atoms with E-state index in [0.29, 0.717) is 15.8 Å². The Labute approximate surface area is 161 Å². The molecule has 1 aromatic heterocycles. The van der Waals surface area contributed by atoms with Crippen LogP contribution in [0.4, 0.5) is 0 Å². The molecule has 5 heteroatoms. The van der Waals surface area contributed by atoms with E-state index in [-0.39, 0.29) is 5.91 Å². The average Bonchev–Trinajstić information content (AvgIpc) is 2.94. The van der Waals surface area contributed by atoms with Crippen LogP contribution >= 0.6 is 24.0 Å². The van der Waals surface area contributed by atoms with Crippen LogP contribution in [0.1, 0.15) is 11.1 Å². The standard InChI is InChI=1S/C21H16N2OS2/c24-20-19(14-16-10-12-22-18-9-5-4-8-17(16)18)26-21(25)23(20)13-11-15-6-2-1-3-7-15/h1-10,12,14H,11,13H2. The first-order valence-corrected chi connectivity index (χ1v) is 9.58. The van der Waals surface area contributed by atoms with Crippen molar-refractivity contribution in [3.8, 4) is 0 Å². The first kappa shape index (κ1) is 16.9. The van der Waals surface area contributed by atoms with Gasteiger partial charge < -0.3 is 0 Å². The van der Waals surface area contributed by atoms with Gasteiger partial charge in [-0.15, -0.1) is 0 Å². The molecule has 2 aromatic carbocycles. The molecule has 4 rings (SSSR count). The third-order valence-corrected chi connectivity index (χ3v) is 5.69. The molecule has 1 amide bonds. The maximum absolute atomic E-state index is 12.8. The van der Waals surface area contributed by atoms with Crippen LogP contribution in [0.25, 0.3) is 17.0 Å². The summed E-state index contributed by atoms with van der Waals surface area (Å²) in [6.07, 6.45) is 4.48. The molecule has 2 heterocycles. The number of amides is 1. The Morgan fingerprint density at radius 3 is 2.65 bits per heavy atom. The number of carbonyl (C=O) groups excluding carboxylic acids is 1. The molecule has 26 heavy (non-hydrogen) atoms. The van der Waals surface area contributed by atoms with E-state index in [1.165, 1.54) is 17.3 Å². The topological polar surface area (TPSA) is 33.2 Å². The molecule has 1 aliphatic rings. The van der Waals surface area contributed by atoms with Gasteiger partial charge in [0, 0.05) is 18.1 Å². The Morgan fingerprint density at radius 1 is 1.04 bits per heavy atom. The molecule has 0 N–H and O–H groups in total. The quantitative estimate of drug-likeness (QED) is 0.489. The van der Waals surface area contributed by atoms with Crippen molar-refractivity contribution in [1.82, 2.24) is 9.88 Å². The summed E-state index contributed by atoms with van der Waals surface area (Å²) in [5.41, 5.74) is 3.10. The fourth-order valence-corrected chi connectivity index (χ4v) is 4.26. The van der Waals surface area contributed by atoms with E-state index in [0.717, 1.165) is 22.9 Å². The van der Waals surface area contributed by atoms with Gasteiger partial charge in [-0.2, -0.15) is 0 Å². The minimum absolute atomic E-state index is 0.0168. The zero-order valence-electron chi connectivity index (χ0n) is 14.0. The SMILES string of the molecule is O=C1C(=Cc2ccnc3ccccc23)SC(=S)N1CCc1ccccc1. The number of thiocarbonyl (C=S) groups is 1. The lowest BCUT2D eigenvalue weighted by molar-refractivity contribution is -0.122. The number of fused-ring (bicyclic) bond motifs is 1. The maximum Gasteiger partial charge on any atom is 0.266 e. The highest BCUT2D eigenvalue weighted by Crippen LogP contribution is 2.33. The van der Waals surface area contributed by atoms with Gasteiger partial charge in [-0.1, -0.05) is 72.5 Å². The molecule has 0 unspecified atom stereocenters. The van der Waals surface area contributed by atoms with Gasteiger partial charge in [-0.3, -0.25) is 14.7 Å². The second-order valence-electron chi connectivity index (χ2n) is 5.99. The van der Waals surface area contributed by atoms with E-state index in [4.69, 9.17) is 12.2 Å². The lowest BCUT2D eigenvalue weighted by Crippen LogP contribution is -2.30. The molecule has 0 atom stereocenters. The van der Waals surface area contributed by atoms with Crippen LogP contribution in [0, 0.1) is 0 Å². The van der Waals surface area contributed by atoms with E-state index in [2.05, 4.69) is 17.1 Å². The van der Waals surface area contributed by atoms with Gasteiger partial charge in [-0.25, -0.2) is 0 Å². The monoisotopic (exact) mass is 376 g/mol. The largest absolute Gasteiger partial charge is 0.293 e. The Balaban J connectivity index is 1.57. The molecule has 128 valence electrons. The summed E-state index contributed by atoms with van der Waals surface area (Å²) < 4.78 is 0.621. The van der Waals surface area contributed by atoms with E-state index in [1.807, 2.05) is 54.6 Å². The van der Waals surface area contributed by atoms with Crippen LogP contribution in [0.5, 0.6) is 0 Å². The van der Waals surface area contributed by atoms with E-state index in [9.17, 15) is 4.79 Å². The third-order valence-electron chi connectivity index (χ3n) is 4.31. The minimum atomic E-state index is -0.0168. The normalized spacial score (nSPS) is 16.0. The number of pyridine rings is 1. The molecule has 3 nitrogen and oxygen atoms in total. The number of hydrogen-bond donors (Lipinski definition) is 0. The Kier molecular flexibility index (Phi) is 4.82. The van der Waals surface area contributed by atoms with Crippen LogP contribution < -0.4 is 0 Å². The second-order valence-corrected chi connectivity index (χ2v) is 7.66. The summed E-state index contributed by atoms with van der Waals surface area (Å²) in [5, 5.41) is 1.03. The van der Waals surface area contributed by atoms with Gasteiger partial charge in [0.1, 0.15) is 4.32 Å². The van der Waals surface area contributed by atoms with Crippen LogP contribution in [-0.2, 0) is 11.2 Å². The molecule has 3 aromatic rings. The molecule has 0 radical (unpaired) electrons. The molecule has 0 bridgehead atoms. The van der Waals surface area contributed by atoms with Gasteiger partial charge in [0.05, 0.1) is 10.4 Å². The van der Waals surface area contributed by atoms with Crippen LogP contribution in [0.15, 0.2) is 71.8 Å². The highest BCUT2D eigenvalue weighted by molar-refractivity contribution is 8.26. The highest BCUT2D eigenvalue weighted by Gasteiger charge is 2.31. The number of nitrogens with zero attached hydrogens (tertiary/aromatic N) is 2. The fourth-order valence-electron chi connectivity index (χ4n) is 2.96. The van der Waals surface area contributed by atoms with E-state index < -0.39 is 0 Å². The summed E-state index contributed by atoms with van der Waals surface area (Å²) in [6.45, 7) is 0.600. The lowest BCUT2D eigenvalue weighted by Gasteiger charge is -2.14. The van der Waals surface area contributed by atoms with E-state index in [1.54, 1.807) is 11.1 Å². The van der Waals surface area contributed by atoms with Crippen LogP contribution in [-0.4, -0.2) is 26.7 Å². The summed E-state index contributed by atoms with van der Waals surface area (Å²) >= 11 is 6.81. The number of benzene rings is 2. The maximum atomic E-state index is 12.8. The molecule has 1 aliphatic heterocycles. The van der Waals surface area contributed by atoms with Crippen LogP contribution in [0.3, 0.4) is 0 Å². The fraction of sp³-hybridized carbons (Fsp3) is 0.0952. The number of carbonyl (C=O) groups is 1. The van der Waals surface area contributed by atoms with Crippen LogP contribution in [0.2, 0.25) is 0 Å². The van der Waals surface area contributed by atoms with Gasteiger partial charge in [0.15, 0.2) is 0 Å². The zero-order chi connectivity index (χ0) is 17.9. The predicted octanol–water partition coefficient (Wildman–Crippen LogP) is 4.68. The van der Waals surface area contributed by atoms with Crippen molar-refractivity contribution in [2.75, 3.05) is 6.54 Å².